The maximum atomic E-state index is 8.82. The maximum Gasteiger partial charge on any atom is 0.0715 e. The summed E-state index contributed by atoms with van der Waals surface area (Å²) in [5, 5.41) is 12.9. The Labute approximate surface area is 66.0 Å². The molecule has 0 radical (unpaired) electrons. The van der Waals surface area contributed by atoms with E-state index >= 15 is 0 Å². The van der Waals surface area contributed by atoms with Crippen LogP contribution in [0, 0.1) is 6.92 Å². The summed E-state index contributed by atoms with van der Waals surface area (Å²) in [4.78, 5) is 0. The fourth-order valence-electron chi connectivity index (χ4n) is 0.947. The summed E-state index contributed by atoms with van der Waals surface area (Å²) in [6.45, 7) is 6.30. The quantitative estimate of drug-likeness (QED) is 0.652. The van der Waals surface area contributed by atoms with Gasteiger partial charge in [0.15, 0.2) is 0 Å². The average molecular weight is 152 g/mol. The Morgan fingerprint density at radius 2 is 2.55 bits per heavy atom. The highest BCUT2D eigenvalue weighted by Gasteiger charge is 2.02. The predicted molar refractivity (Wildman–Crippen MR) is 43.1 cm³/mol. The van der Waals surface area contributed by atoms with Gasteiger partial charge in [0, 0.05) is 11.3 Å². The van der Waals surface area contributed by atoms with E-state index in [0.717, 1.165) is 11.3 Å². The maximum absolute atomic E-state index is 8.82. The van der Waals surface area contributed by atoms with Crippen molar-refractivity contribution < 1.29 is 5.11 Å². The zero-order valence-electron chi connectivity index (χ0n) is 6.62. The van der Waals surface area contributed by atoms with E-state index in [-0.39, 0.29) is 6.61 Å². The Balaban J connectivity index is 2.90. The molecule has 11 heavy (non-hydrogen) atoms. The van der Waals surface area contributed by atoms with Crippen LogP contribution in [0.4, 0.5) is 0 Å². The van der Waals surface area contributed by atoms with Crippen molar-refractivity contribution in [3.05, 3.63) is 30.1 Å². The number of allylic oxidation sites excluding steroid dienone is 1. The van der Waals surface area contributed by atoms with E-state index in [4.69, 9.17) is 5.11 Å². The van der Waals surface area contributed by atoms with Crippen molar-refractivity contribution in [3.63, 3.8) is 0 Å². The largest absolute Gasteiger partial charge is 0.392 e. The van der Waals surface area contributed by atoms with Gasteiger partial charge >= 0.3 is 0 Å². The van der Waals surface area contributed by atoms with E-state index in [2.05, 4.69) is 11.7 Å². The third-order valence-electron chi connectivity index (χ3n) is 1.68. The number of hydrogen-bond acceptors (Lipinski definition) is 2. The second-order valence-electron chi connectivity index (χ2n) is 2.38. The van der Waals surface area contributed by atoms with Gasteiger partial charge in [0.05, 0.1) is 19.3 Å². The standard InChI is InChI=1S/C8H12N2O/c1-3-4-10-7(2)8(6-11)5-9-10/h3,5,11H,1,4,6H2,2H3. The van der Waals surface area contributed by atoms with E-state index in [1.54, 1.807) is 17.0 Å². The van der Waals surface area contributed by atoms with Crippen molar-refractivity contribution in [1.82, 2.24) is 9.78 Å². The third kappa shape index (κ3) is 1.49. The van der Waals surface area contributed by atoms with Crippen LogP contribution in [0.25, 0.3) is 0 Å². The van der Waals surface area contributed by atoms with E-state index in [9.17, 15) is 0 Å². The molecular formula is C8H12N2O. The molecule has 0 amide bonds. The summed E-state index contributed by atoms with van der Waals surface area (Å²) < 4.78 is 1.80. The van der Waals surface area contributed by atoms with Gasteiger partial charge in [-0.25, -0.2) is 0 Å². The monoisotopic (exact) mass is 152 g/mol. The summed E-state index contributed by atoms with van der Waals surface area (Å²) in [6, 6.07) is 0. The molecule has 0 fully saturated rings. The van der Waals surface area contributed by atoms with E-state index in [1.807, 2.05) is 6.92 Å². The normalized spacial score (nSPS) is 10.0. The van der Waals surface area contributed by atoms with Crippen molar-refractivity contribution in [2.75, 3.05) is 0 Å². The van der Waals surface area contributed by atoms with E-state index in [1.165, 1.54) is 0 Å². The van der Waals surface area contributed by atoms with Gasteiger partial charge in [-0.2, -0.15) is 5.10 Å². The van der Waals surface area contributed by atoms with Crippen molar-refractivity contribution in [2.45, 2.75) is 20.1 Å². The molecule has 0 saturated heterocycles. The molecule has 1 N–H and O–H groups in total. The molecule has 3 nitrogen and oxygen atoms in total. The second kappa shape index (κ2) is 3.34. The Morgan fingerprint density at radius 1 is 1.82 bits per heavy atom. The topological polar surface area (TPSA) is 38.0 Å². The summed E-state index contributed by atoms with van der Waals surface area (Å²) in [5.74, 6) is 0. The SMILES string of the molecule is C=CCn1ncc(CO)c1C. The smallest absolute Gasteiger partial charge is 0.0715 e. The van der Waals surface area contributed by atoms with Crippen LogP contribution in [0.15, 0.2) is 18.9 Å². The average Bonchev–Trinajstić information content (AvgIpc) is 2.34. The van der Waals surface area contributed by atoms with Gasteiger partial charge in [-0.15, -0.1) is 6.58 Å². The lowest BCUT2D eigenvalue weighted by Crippen LogP contribution is -2.00. The number of rotatable bonds is 3. The molecule has 0 unspecified atom stereocenters. The van der Waals surface area contributed by atoms with Crippen LogP contribution in [0.2, 0.25) is 0 Å². The zero-order chi connectivity index (χ0) is 8.27. The molecule has 3 heteroatoms. The molecule has 60 valence electrons. The first kappa shape index (κ1) is 8.01. The third-order valence-corrected chi connectivity index (χ3v) is 1.68. The minimum absolute atomic E-state index is 0.0585. The zero-order valence-corrected chi connectivity index (χ0v) is 6.62. The van der Waals surface area contributed by atoms with Crippen LogP contribution in [0.1, 0.15) is 11.3 Å². The lowest BCUT2D eigenvalue weighted by atomic mass is 10.3. The lowest BCUT2D eigenvalue weighted by Gasteiger charge is -1.99. The summed E-state index contributed by atoms with van der Waals surface area (Å²) in [5.41, 5.74) is 1.89. The molecular weight excluding hydrogens is 140 g/mol. The molecule has 0 saturated carbocycles. The van der Waals surface area contributed by atoms with Crippen molar-refractivity contribution in [2.24, 2.45) is 0 Å². The molecule has 0 aliphatic heterocycles. The van der Waals surface area contributed by atoms with E-state index < -0.39 is 0 Å². The van der Waals surface area contributed by atoms with Gasteiger partial charge in [-0.05, 0) is 6.92 Å². The minimum atomic E-state index is 0.0585. The van der Waals surface area contributed by atoms with Crippen LogP contribution in [-0.2, 0) is 13.2 Å². The van der Waals surface area contributed by atoms with Crippen molar-refractivity contribution in [1.29, 1.82) is 0 Å². The van der Waals surface area contributed by atoms with Crippen LogP contribution >= 0.6 is 0 Å². The molecule has 1 aromatic heterocycles. The molecule has 1 aromatic rings. The number of aliphatic hydroxyl groups is 1. The van der Waals surface area contributed by atoms with Crippen molar-refractivity contribution in [3.8, 4) is 0 Å². The Morgan fingerprint density at radius 3 is 3.00 bits per heavy atom. The second-order valence-corrected chi connectivity index (χ2v) is 2.38. The Hall–Kier alpha value is -1.09. The summed E-state index contributed by atoms with van der Waals surface area (Å²) in [7, 11) is 0. The van der Waals surface area contributed by atoms with Gasteiger partial charge in [-0.1, -0.05) is 6.08 Å². The fourth-order valence-corrected chi connectivity index (χ4v) is 0.947. The Kier molecular flexibility index (Phi) is 2.44. The molecule has 0 aliphatic carbocycles. The lowest BCUT2D eigenvalue weighted by molar-refractivity contribution is 0.281. The van der Waals surface area contributed by atoms with E-state index in [0.29, 0.717) is 6.54 Å². The van der Waals surface area contributed by atoms with Crippen LogP contribution in [0.5, 0.6) is 0 Å². The molecule has 0 bridgehead atoms. The van der Waals surface area contributed by atoms with Crippen molar-refractivity contribution >= 4 is 0 Å². The van der Waals surface area contributed by atoms with Gasteiger partial charge < -0.3 is 5.11 Å². The fraction of sp³-hybridized carbons (Fsp3) is 0.375. The van der Waals surface area contributed by atoms with Gasteiger partial charge in [0.2, 0.25) is 0 Å². The molecule has 0 aromatic carbocycles. The number of nitrogens with zero attached hydrogens (tertiary/aromatic N) is 2. The van der Waals surface area contributed by atoms with Crippen LogP contribution in [-0.4, -0.2) is 14.9 Å². The first-order valence-electron chi connectivity index (χ1n) is 3.52. The molecule has 0 aliphatic rings. The predicted octanol–water partition coefficient (Wildman–Crippen LogP) is 0.870. The molecule has 1 rings (SSSR count). The molecule has 1 heterocycles. The Bertz CT molecular complexity index is 253. The number of aliphatic hydroxyl groups excluding tert-OH is 1. The highest BCUT2D eigenvalue weighted by atomic mass is 16.3. The number of hydrogen-bond donors (Lipinski definition) is 1. The number of aromatic nitrogens is 2. The first-order valence-corrected chi connectivity index (χ1v) is 3.52. The highest BCUT2D eigenvalue weighted by molar-refractivity contribution is 5.14. The first-order chi connectivity index (χ1) is 5.29. The molecule has 0 spiro atoms. The summed E-state index contributed by atoms with van der Waals surface area (Å²) >= 11 is 0. The van der Waals surface area contributed by atoms with Gasteiger partial charge in [0.25, 0.3) is 0 Å². The van der Waals surface area contributed by atoms with Crippen LogP contribution < -0.4 is 0 Å². The molecule has 0 atom stereocenters. The van der Waals surface area contributed by atoms with Gasteiger partial charge in [0.1, 0.15) is 0 Å². The summed E-state index contributed by atoms with van der Waals surface area (Å²) in [6.07, 6.45) is 3.46. The minimum Gasteiger partial charge on any atom is -0.392 e. The van der Waals surface area contributed by atoms with Gasteiger partial charge in [-0.3, -0.25) is 4.68 Å². The van der Waals surface area contributed by atoms with Crippen LogP contribution in [0.3, 0.4) is 0 Å². The highest BCUT2D eigenvalue weighted by Crippen LogP contribution is 2.05.